The molecule has 1 N–H and O–H groups in total. The maximum atomic E-state index is 12.9. The molecular weight excluding hydrogens is 370 g/mol. The fourth-order valence-corrected chi connectivity index (χ4v) is 3.92. The van der Waals surface area contributed by atoms with Crippen LogP contribution in [0.25, 0.3) is 0 Å². The van der Waals surface area contributed by atoms with E-state index in [-0.39, 0.29) is 23.5 Å². The van der Waals surface area contributed by atoms with Gasteiger partial charge in [0.25, 0.3) is 17.5 Å². The Morgan fingerprint density at radius 1 is 1.10 bits per heavy atom. The van der Waals surface area contributed by atoms with Gasteiger partial charge in [0.2, 0.25) is 0 Å². The number of amides is 2. The zero-order valence-corrected chi connectivity index (χ0v) is 16.6. The lowest BCUT2D eigenvalue weighted by Crippen LogP contribution is -3.13. The van der Waals surface area contributed by atoms with Gasteiger partial charge in [-0.2, -0.15) is 0 Å². The summed E-state index contributed by atoms with van der Waals surface area (Å²) in [6.45, 7) is 5.23. The molecule has 1 saturated carbocycles. The van der Waals surface area contributed by atoms with Crippen LogP contribution in [0.1, 0.15) is 64.4 Å². The Balaban J connectivity index is 1.55. The summed E-state index contributed by atoms with van der Waals surface area (Å²) in [5.41, 5.74) is 2.16. The average molecular weight is 394 g/mol. The van der Waals surface area contributed by atoms with Gasteiger partial charge in [0, 0.05) is 24.5 Å². The summed E-state index contributed by atoms with van der Waals surface area (Å²) in [5, 5.41) is 11.3. The summed E-state index contributed by atoms with van der Waals surface area (Å²) >= 11 is 0. The standard InChI is InChI=1S/C22H23N3O4/c1-14(2)16-8-6-15(7-9-16)12-23(17-10-11-17)13-24-21(26)18-4-3-5-19(25(28)29)20(18)22(24)27/h3-9,14,17H,10-13H2,1-2H3/p+1. The van der Waals surface area contributed by atoms with E-state index >= 15 is 0 Å². The average Bonchev–Trinajstić information content (AvgIpc) is 3.51. The van der Waals surface area contributed by atoms with Gasteiger partial charge in [-0.15, -0.1) is 0 Å². The smallest absolute Gasteiger partial charge is 0.282 e. The lowest BCUT2D eigenvalue weighted by molar-refractivity contribution is -0.931. The van der Waals surface area contributed by atoms with E-state index in [0.717, 1.165) is 23.3 Å². The Bertz CT molecular complexity index is 980. The summed E-state index contributed by atoms with van der Waals surface area (Å²) in [7, 11) is 0. The lowest BCUT2D eigenvalue weighted by Gasteiger charge is -2.24. The highest BCUT2D eigenvalue weighted by atomic mass is 16.6. The number of nitrogens with zero attached hydrogens (tertiary/aromatic N) is 2. The molecule has 1 aliphatic carbocycles. The first-order valence-corrected chi connectivity index (χ1v) is 9.94. The molecule has 0 saturated heterocycles. The molecule has 29 heavy (non-hydrogen) atoms. The molecule has 150 valence electrons. The number of carbonyl (C=O) groups is 2. The Morgan fingerprint density at radius 2 is 1.79 bits per heavy atom. The number of nitrogens with one attached hydrogen (secondary N) is 1. The van der Waals surface area contributed by atoms with Crippen LogP contribution >= 0.6 is 0 Å². The fraction of sp³-hybridized carbons (Fsp3) is 0.364. The second-order valence-electron chi connectivity index (χ2n) is 8.16. The number of rotatable bonds is 7. The van der Waals surface area contributed by atoms with Gasteiger partial charge in [0.15, 0.2) is 6.67 Å². The van der Waals surface area contributed by atoms with Crippen LogP contribution in [0, 0.1) is 10.1 Å². The lowest BCUT2D eigenvalue weighted by atomic mass is 10.0. The highest BCUT2D eigenvalue weighted by Crippen LogP contribution is 2.30. The van der Waals surface area contributed by atoms with Crippen molar-refractivity contribution in [3.05, 3.63) is 74.8 Å². The quantitative estimate of drug-likeness (QED) is 0.444. The molecule has 7 nitrogen and oxygen atoms in total. The van der Waals surface area contributed by atoms with E-state index in [9.17, 15) is 19.7 Å². The van der Waals surface area contributed by atoms with Crippen LogP contribution in [0.3, 0.4) is 0 Å². The Hall–Kier alpha value is -3.06. The van der Waals surface area contributed by atoms with E-state index < -0.39 is 16.7 Å². The van der Waals surface area contributed by atoms with Crippen molar-refractivity contribution in [1.82, 2.24) is 4.90 Å². The second-order valence-corrected chi connectivity index (χ2v) is 8.16. The largest absolute Gasteiger partial charge is 0.311 e. The molecule has 1 fully saturated rings. The first kappa shape index (κ1) is 19.3. The van der Waals surface area contributed by atoms with Crippen molar-refractivity contribution in [3.63, 3.8) is 0 Å². The zero-order valence-electron chi connectivity index (χ0n) is 16.6. The summed E-state index contributed by atoms with van der Waals surface area (Å²) in [5.74, 6) is -0.544. The first-order valence-electron chi connectivity index (χ1n) is 9.94. The molecule has 1 aliphatic heterocycles. The predicted octanol–water partition coefficient (Wildman–Crippen LogP) is 2.52. The normalized spacial score (nSPS) is 17.0. The van der Waals surface area contributed by atoms with Gasteiger partial charge in [-0.05, 0) is 17.5 Å². The molecule has 1 atom stereocenters. The number of benzene rings is 2. The summed E-state index contributed by atoms with van der Waals surface area (Å²) < 4.78 is 0. The monoisotopic (exact) mass is 394 g/mol. The van der Waals surface area contributed by atoms with Gasteiger partial charge in [-0.3, -0.25) is 19.7 Å². The van der Waals surface area contributed by atoms with Crippen molar-refractivity contribution in [2.75, 3.05) is 6.67 Å². The van der Waals surface area contributed by atoms with Gasteiger partial charge >= 0.3 is 0 Å². The molecule has 7 heteroatoms. The van der Waals surface area contributed by atoms with Crippen LogP contribution in [0.5, 0.6) is 0 Å². The zero-order chi connectivity index (χ0) is 20.7. The van der Waals surface area contributed by atoms with Gasteiger partial charge in [-0.25, -0.2) is 4.90 Å². The fourth-order valence-electron chi connectivity index (χ4n) is 3.92. The Labute approximate surface area is 169 Å². The van der Waals surface area contributed by atoms with Crippen molar-refractivity contribution in [3.8, 4) is 0 Å². The molecule has 2 aromatic carbocycles. The third kappa shape index (κ3) is 3.65. The highest BCUT2D eigenvalue weighted by Gasteiger charge is 2.44. The molecule has 1 heterocycles. The molecule has 2 aliphatic rings. The van der Waals surface area contributed by atoms with E-state index in [1.54, 1.807) is 0 Å². The van der Waals surface area contributed by atoms with E-state index in [2.05, 4.69) is 38.1 Å². The van der Waals surface area contributed by atoms with Crippen molar-refractivity contribution in [1.29, 1.82) is 0 Å². The summed E-state index contributed by atoms with van der Waals surface area (Å²) in [6, 6.07) is 13.1. The molecule has 4 rings (SSSR count). The Kier molecular flexibility index (Phi) is 4.92. The van der Waals surface area contributed by atoms with Crippen LogP contribution in [-0.4, -0.2) is 34.3 Å². The van der Waals surface area contributed by atoms with Crippen LogP contribution < -0.4 is 4.90 Å². The molecule has 1 unspecified atom stereocenters. The van der Waals surface area contributed by atoms with Crippen molar-refractivity contribution < 1.29 is 19.4 Å². The maximum Gasteiger partial charge on any atom is 0.282 e. The van der Waals surface area contributed by atoms with Crippen molar-refractivity contribution in [2.24, 2.45) is 0 Å². The minimum Gasteiger partial charge on any atom is -0.311 e. The Morgan fingerprint density at radius 3 is 2.38 bits per heavy atom. The van der Waals surface area contributed by atoms with Crippen molar-refractivity contribution >= 4 is 17.5 Å². The minimum atomic E-state index is -0.602. The van der Waals surface area contributed by atoms with Crippen LogP contribution in [0.4, 0.5) is 5.69 Å². The number of quaternary nitrogens is 1. The van der Waals surface area contributed by atoms with Gasteiger partial charge in [0.05, 0.1) is 16.5 Å². The number of hydrogen-bond donors (Lipinski definition) is 1. The molecule has 2 aromatic rings. The van der Waals surface area contributed by atoms with E-state index in [1.807, 2.05) is 0 Å². The van der Waals surface area contributed by atoms with E-state index in [1.165, 1.54) is 28.7 Å². The molecule has 0 radical (unpaired) electrons. The molecule has 0 spiro atoms. The van der Waals surface area contributed by atoms with Crippen LogP contribution in [0.2, 0.25) is 0 Å². The summed E-state index contributed by atoms with van der Waals surface area (Å²) in [4.78, 5) is 38.7. The topological polar surface area (TPSA) is 85.0 Å². The molecule has 0 bridgehead atoms. The van der Waals surface area contributed by atoms with Crippen LogP contribution in [-0.2, 0) is 6.54 Å². The number of carbonyl (C=O) groups excluding carboxylic acids is 2. The van der Waals surface area contributed by atoms with Gasteiger partial charge in [-0.1, -0.05) is 44.2 Å². The summed E-state index contributed by atoms with van der Waals surface area (Å²) in [6.07, 6.45) is 2.12. The number of imide groups is 1. The predicted molar refractivity (Wildman–Crippen MR) is 107 cm³/mol. The second kappa shape index (κ2) is 7.40. The number of nitro groups is 1. The number of hydrogen-bond acceptors (Lipinski definition) is 4. The maximum absolute atomic E-state index is 12.9. The minimum absolute atomic E-state index is 0.0843. The number of nitro benzene ring substituents is 1. The highest BCUT2D eigenvalue weighted by molar-refractivity contribution is 6.23. The van der Waals surface area contributed by atoms with Gasteiger partial charge < -0.3 is 4.90 Å². The number of fused-ring (bicyclic) bond motifs is 1. The van der Waals surface area contributed by atoms with Crippen LogP contribution in [0.15, 0.2) is 42.5 Å². The third-order valence-corrected chi connectivity index (χ3v) is 5.77. The van der Waals surface area contributed by atoms with E-state index in [0.29, 0.717) is 18.5 Å². The third-order valence-electron chi connectivity index (χ3n) is 5.77. The van der Waals surface area contributed by atoms with E-state index in [4.69, 9.17) is 0 Å². The molecular formula is C22H24N3O4+. The van der Waals surface area contributed by atoms with Gasteiger partial charge in [0.1, 0.15) is 12.1 Å². The molecule has 2 amide bonds. The molecule has 0 aromatic heterocycles. The van der Waals surface area contributed by atoms with Crippen molar-refractivity contribution in [2.45, 2.75) is 45.2 Å². The first-order chi connectivity index (χ1) is 13.9. The SMILES string of the molecule is CC(C)c1ccc(C[NH+](CN2C(=O)c3cccc([N+](=O)[O-])c3C2=O)C2CC2)cc1.